The molecule has 0 aliphatic carbocycles. The topological polar surface area (TPSA) is 114 Å². The van der Waals surface area contributed by atoms with E-state index in [2.05, 4.69) is 15.6 Å². The summed E-state index contributed by atoms with van der Waals surface area (Å²) >= 11 is 0. The zero-order chi connectivity index (χ0) is 14.7. The van der Waals surface area contributed by atoms with Gasteiger partial charge in [-0.25, -0.2) is 4.39 Å². The zero-order valence-corrected chi connectivity index (χ0v) is 11.1. The lowest BCUT2D eigenvalue weighted by molar-refractivity contribution is 0.620. The van der Waals surface area contributed by atoms with Gasteiger partial charge in [-0.2, -0.15) is 0 Å². The molecule has 1 aromatic carbocycles. The molecule has 6 nitrogen and oxygen atoms in total. The van der Waals surface area contributed by atoms with Crippen LogP contribution < -0.4 is 16.4 Å². The Labute approximate surface area is 115 Å². The van der Waals surface area contributed by atoms with Gasteiger partial charge < -0.3 is 16.0 Å². The lowest BCUT2D eigenvalue weighted by Crippen LogP contribution is -2.43. The minimum atomic E-state index is -0.277. The number of rotatable bonds is 3. The molecule has 0 saturated carbocycles. The van der Waals surface area contributed by atoms with Crippen molar-refractivity contribution < 1.29 is 4.39 Å². The quantitative estimate of drug-likeness (QED) is 0.373. The molecule has 0 atom stereocenters. The zero-order valence-electron chi connectivity index (χ0n) is 11.1. The van der Waals surface area contributed by atoms with Crippen LogP contribution >= 0.6 is 0 Å². The summed E-state index contributed by atoms with van der Waals surface area (Å²) in [5, 5.41) is 20.6. The summed E-state index contributed by atoms with van der Waals surface area (Å²) in [6, 6.07) is 3.30. The molecule has 0 unspecified atom stereocenters. The van der Waals surface area contributed by atoms with Crippen LogP contribution in [0.15, 0.2) is 18.3 Å². The number of halogens is 1. The molecule has 0 fully saturated rings. The maximum Gasteiger partial charge on any atom is 0.195 e. The fraction of sp³-hybridized carbons (Fsp3) is 0.231. The Morgan fingerprint density at radius 3 is 2.85 bits per heavy atom. The van der Waals surface area contributed by atoms with Gasteiger partial charge in [0.2, 0.25) is 0 Å². The lowest BCUT2D eigenvalue weighted by Gasteiger charge is -2.08. The van der Waals surface area contributed by atoms with Crippen LogP contribution in [0.4, 0.5) is 4.39 Å². The largest absolute Gasteiger partial charge is 0.370 e. The molecule has 106 valence electrons. The molecule has 7 heteroatoms. The lowest BCUT2D eigenvalue weighted by atomic mass is 10.1. The number of guanidine groups is 2. The van der Waals surface area contributed by atoms with Gasteiger partial charge in [-0.15, -0.1) is 0 Å². The van der Waals surface area contributed by atoms with Gasteiger partial charge in [0.25, 0.3) is 0 Å². The predicted octanol–water partition coefficient (Wildman–Crippen LogP) is 1.17. The first kappa shape index (κ1) is 13.9. The molecule has 0 amide bonds. The average Bonchev–Trinajstić information content (AvgIpc) is 2.72. The fourth-order valence-electron chi connectivity index (χ4n) is 2.02. The van der Waals surface area contributed by atoms with Crippen molar-refractivity contribution in [1.29, 1.82) is 10.8 Å². The number of aryl methyl sites for hydroxylation is 1. The van der Waals surface area contributed by atoms with E-state index in [1.807, 2.05) is 12.3 Å². The van der Waals surface area contributed by atoms with Crippen LogP contribution in [-0.2, 0) is 6.42 Å². The third-order valence-electron chi connectivity index (χ3n) is 3.00. The van der Waals surface area contributed by atoms with E-state index in [0.29, 0.717) is 18.5 Å². The van der Waals surface area contributed by atoms with Crippen LogP contribution in [0.5, 0.6) is 0 Å². The van der Waals surface area contributed by atoms with Crippen molar-refractivity contribution in [3.63, 3.8) is 0 Å². The first-order valence-electron chi connectivity index (χ1n) is 6.17. The van der Waals surface area contributed by atoms with Crippen molar-refractivity contribution in [2.24, 2.45) is 5.73 Å². The van der Waals surface area contributed by atoms with Crippen LogP contribution in [0, 0.1) is 23.6 Å². The van der Waals surface area contributed by atoms with Crippen LogP contribution in [0.1, 0.15) is 11.1 Å². The van der Waals surface area contributed by atoms with E-state index in [9.17, 15) is 4.39 Å². The number of nitrogens with one attached hydrogen (secondary N) is 5. The highest BCUT2D eigenvalue weighted by atomic mass is 19.1. The Balaban J connectivity index is 2.02. The Kier molecular flexibility index (Phi) is 3.88. The Morgan fingerprint density at radius 2 is 2.15 bits per heavy atom. The highest BCUT2D eigenvalue weighted by Gasteiger charge is 2.07. The van der Waals surface area contributed by atoms with E-state index in [4.69, 9.17) is 16.6 Å². The SMILES string of the molecule is Cc1cc2c(CCNC(=N)NC(=N)N)c[nH]c2cc1F. The van der Waals surface area contributed by atoms with Crippen molar-refractivity contribution in [1.82, 2.24) is 15.6 Å². The average molecular weight is 276 g/mol. The normalized spacial score (nSPS) is 10.5. The highest BCUT2D eigenvalue weighted by molar-refractivity contribution is 5.94. The fourth-order valence-corrected chi connectivity index (χ4v) is 2.02. The molecule has 0 spiro atoms. The second kappa shape index (κ2) is 5.60. The summed E-state index contributed by atoms with van der Waals surface area (Å²) in [5.74, 6) is -0.517. The summed E-state index contributed by atoms with van der Waals surface area (Å²) in [7, 11) is 0. The third kappa shape index (κ3) is 3.05. The maximum atomic E-state index is 13.4. The summed E-state index contributed by atoms with van der Waals surface area (Å²) in [4.78, 5) is 3.04. The third-order valence-corrected chi connectivity index (χ3v) is 3.00. The van der Waals surface area contributed by atoms with Crippen molar-refractivity contribution in [3.05, 3.63) is 35.3 Å². The molecular weight excluding hydrogens is 259 g/mol. The van der Waals surface area contributed by atoms with Crippen molar-refractivity contribution in [2.75, 3.05) is 6.54 Å². The molecule has 7 N–H and O–H groups in total. The number of hydrogen-bond acceptors (Lipinski definition) is 2. The number of fused-ring (bicyclic) bond motifs is 1. The van der Waals surface area contributed by atoms with Gasteiger partial charge >= 0.3 is 0 Å². The summed E-state index contributed by atoms with van der Waals surface area (Å²) < 4.78 is 13.4. The molecule has 20 heavy (non-hydrogen) atoms. The molecule has 1 aromatic heterocycles. The number of hydrogen-bond donors (Lipinski definition) is 6. The predicted molar refractivity (Wildman–Crippen MR) is 77.5 cm³/mol. The number of nitrogens with two attached hydrogens (primary N) is 1. The molecule has 0 radical (unpaired) electrons. The monoisotopic (exact) mass is 276 g/mol. The summed E-state index contributed by atoms with van der Waals surface area (Å²) in [6.45, 7) is 2.25. The molecule has 0 aliphatic rings. The summed E-state index contributed by atoms with van der Waals surface area (Å²) in [5.41, 5.74) is 7.54. The van der Waals surface area contributed by atoms with Gasteiger partial charge in [0.15, 0.2) is 11.9 Å². The standard InChI is InChI=1S/C13H17FN6/c1-7-4-9-8(6-19-11(9)5-10(7)14)2-3-18-13(17)20-12(15)16/h4-6,19H,2-3H2,1H3,(H6,15,16,17,18,20). The minimum absolute atomic E-state index is 0.0143. The highest BCUT2D eigenvalue weighted by Crippen LogP contribution is 2.22. The van der Waals surface area contributed by atoms with E-state index < -0.39 is 0 Å². The van der Waals surface area contributed by atoms with E-state index in [-0.39, 0.29) is 17.7 Å². The molecule has 2 aromatic rings. The first-order chi connectivity index (χ1) is 9.47. The van der Waals surface area contributed by atoms with E-state index in [0.717, 1.165) is 16.5 Å². The van der Waals surface area contributed by atoms with Gasteiger partial charge in [0, 0.05) is 23.6 Å². The van der Waals surface area contributed by atoms with Crippen molar-refractivity contribution in [3.8, 4) is 0 Å². The van der Waals surface area contributed by atoms with Gasteiger partial charge in [-0.1, -0.05) is 0 Å². The second-order valence-electron chi connectivity index (χ2n) is 4.55. The van der Waals surface area contributed by atoms with E-state index in [1.165, 1.54) is 6.07 Å². The van der Waals surface area contributed by atoms with Crippen LogP contribution in [-0.4, -0.2) is 23.4 Å². The number of H-pyrrole nitrogens is 1. The Bertz CT molecular complexity index is 660. The van der Waals surface area contributed by atoms with Gasteiger partial charge in [-0.3, -0.25) is 16.1 Å². The van der Waals surface area contributed by atoms with E-state index >= 15 is 0 Å². The number of benzene rings is 1. The molecule has 0 bridgehead atoms. The van der Waals surface area contributed by atoms with Crippen LogP contribution in [0.2, 0.25) is 0 Å². The molecule has 1 heterocycles. The van der Waals surface area contributed by atoms with Gasteiger partial charge in [-0.05, 0) is 36.6 Å². The first-order valence-corrected chi connectivity index (χ1v) is 6.17. The Morgan fingerprint density at radius 1 is 1.40 bits per heavy atom. The van der Waals surface area contributed by atoms with Gasteiger partial charge in [0.05, 0.1) is 0 Å². The Hall–Kier alpha value is -2.57. The van der Waals surface area contributed by atoms with Crippen molar-refractivity contribution >= 4 is 22.8 Å². The summed E-state index contributed by atoms with van der Waals surface area (Å²) in [6.07, 6.45) is 2.51. The number of aromatic amines is 1. The van der Waals surface area contributed by atoms with Crippen LogP contribution in [0.3, 0.4) is 0 Å². The molecule has 0 saturated heterocycles. The molecule has 2 rings (SSSR count). The van der Waals surface area contributed by atoms with E-state index in [1.54, 1.807) is 6.92 Å². The molecular formula is C13H17FN6. The second-order valence-corrected chi connectivity index (χ2v) is 4.55. The van der Waals surface area contributed by atoms with Gasteiger partial charge in [0.1, 0.15) is 5.82 Å². The maximum absolute atomic E-state index is 13.4. The van der Waals surface area contributed by atoms with Crippen molar-refractivity contribution in [2.45, 2.75) is 13.3 Å². The molecule has 0 aliphatic heterocycles. The minimum Gasteiger partial charge on any atom is -0.370 e. The smallest absolute Gasteiger partial charge is 0.195 e. The number of aromatic nitrogens is 1. The van der Waals surface area contributed by atoms with Crippen LogP contribution in [0.25, 0.3) is 10.9 Å².